The second-order valence-electron chi connectivity index (χ2n) is 6.37. The number of hydrogen-bond donors (Lipinski definition) is 2. The molecule has 2 amide bonds. The highest BCUT2D eigenvalue weighted by Crippen LogP contribution is 2.36. The number of pyridine rings is 1. The number of fused-ring (bicyclic) bond motifs is 1. The molecule has 3 aromatic rings. The van der Waals surface area contributed by atoms with E-state index < -0.39 is 0 Å². The van der Waals surface area contributed by atoms with E-state index in [1.807, 2.05) is 23.6 Å². The molecule has 0 spiro atoms. The Morgan fingerprint density at radius 2 is 2.04 bits per heavy atom. The molecule has 1 unspecified atom stereocenters. The van der Waals surface area contributed by atoms with Gasteiger partial charge in [-0.1, -0.05) is 0 Å². The summed E-state index contributed by atoms with van der Waals surface area (Å²) in [6.45, 7) is 2.08. The first-order valence-corrected chi connectivity index (χ1v) is 9.69. The Labute approximate surface area is 165 Å². The van der Waals surface area contributed by atoms with Gasteiger partial charge in [-0.05, 0) is 30.3 Å². The van der Waals surface area contributed by atoms with Crippen molar-refractivity contribution in [2.24, 2.45) is 0 Å². The Bertz CT molecular complexity index is 1020. The van der Waals surface area contributed by atoms with Gasteiger partial charge in [0, 0.05) is 47.8 Å². The van der Waals surface area contributed by atoms with Crippen molar-refractivity contribution >= 4 is 28.3 Å². The van der Waals surface area contributed by atoms with Crippen LogP contribution >= 0.6 is 11.3 Å². The molecule has 0 saturated carbocycles. The standard InChI is InChI=1S/C20H18N4O3S/c1-12(25)22-16-6-9-27-18-3-2-14(10-15(16)18)17-11-28-20(23-17)24-19(26)13-4-7-21-8-5-13/h2-5,7-8,10-11,16H,6,9H2,1H3,(H,22,25)(H,23,24,26). The lowest BCUT2D eigenvalue weighted by atomic mass is 9.97. The zero-order valence-corrected chi connectivity index (χ0v) is 16.0. The first-order chi connectivity index (χ1) is 13.6. The third-order valence-corrected chi connectivity index (χ3v) is 5.15. The normalized spacial score (nSPS) is 15.2. The van der Waals surface area contributed by atoms with Gasteiger partial charge in [-0.3, -0.25) is 19.9 Å². The lowest BCUT2D eigenvalue weighted by molar-refractivity contribution is -0.119. The second-order valence-corrected chi connectivity index (χ2v) is 7.23. The number of aromatic nitrogens is 2. The van der Waals surface area contributed by atoms with Gasteiger partial charge >= 0.3 is 0 Å². The fourth-order valence-electron chi connectivity index (χ4n) is 3.09. The number of rotatable bonds is 4. The number of carbonyl (C=O) groups excluding carboxylic acids is 2. The molecular weight excluding hydrogens is 376 g/mol. The van der Waals surface area contributed by atoms with Gasteiger partial charge < -0.3 is 10.1 Å². The number of hydrogen-bond acceptors (Lipinski definition) is 6. The molecule has 8 heteroatoms. The lowest BCUT2D eigenvalue weighted by Gasteiger charge is -2.26. The van der Waals surface area contributed by atoms with Crippen molar-refractivity contribution in [3.8, 4) is 17.0 Å². The van der Waals surface area contributed by atoms with E-state index in [0.29, 0.717) is 17.3 Å². The summed E-state index contributed by atoms with van der Waals surface area (Å²) in [6.07, 6.45) is 3.87. The zero-order chi connectivity index (χ0) is 19.5. The van der Waals surface area contributed by atoms with Gasteiger partial charge in [-0.25, -0.2) is 4.98 Å². The highest BCUT2D eigenvalue weighted by atomic mass is 32.1. The van der Waals surface area contributed by atoms with Crippen molar-refractivity contribution in [1.29, 1.82) is 0 Å². The summed E-state index contributed by atoms with van der Waals surface area (Å²) in [5, 5.41) is 8.18. The van der Waals surface area contributed by atoms with Crippen LogP contribution in [0.25, 0.3) is 11.3 Å². The molecule has 1 aliphatic rings. The minimum atomic E-state index is -0.229. The molecule has 2 aromatic heterocycles. The Morgan fingerprint density at radius 1 is 1.21 bits per heavy atom. The van der Waals surface area contributed by atoms with Gasteiger partial charge in [0.05, 0.1) is 18.3 Å². The molecule has 28 heavy (non-hydrogen) atoms. The van der Waals surface area contributed by atoms with Crippen molar-refractivity contribution in [3.05, 3.63) is 59.2 Å². The van der Waals surface area contributed by atoms with Crippen molar-refractivity contribution in [2.75, 3.05) is 11.9 Å². The Morgan fingerprint density at radius 3 is 2.82 bits per heavy atom. The first kappa shape index (κ1) is 18.1. The fraction of sp³-hybridized carbons (Fsp3) is 0.200. The summed E-state index contributed by atoms with van der Waals surface area (Å²) in [7, 11) is 0. The summed E-state index contributed by atoms with van der Waals surface area (Å²) < 4.78 is 5.70. The number of amides is 2. The molecule has 0 aliphatic carbocycles. The molecule has 0 radical (unpaired) electrons. The maximum atomic E-state index is 12.3. The van der Waals surface area contributed by atoms with Crippen LogP contribution in [0.3, 0.4) is 0 Å². The van der Waals surface area contributed by atoms with Crippen LogP contribution in [-0.2, 0) is 4.79 Å². The fourth-order valence-corrected chi connectivity index (χ4v) is 3.80. The minimum Gasteiger partial charge on any atom is -0.493 e. The van der Waals surface area contributed by atoms with Crippen LogP contribution in [0.2, 0.25) is 0 Å². The first-order valence-electron chi connectivity index (χ1n) is 8.81. The second kappa shape index (κ2) is 7.77. The summed E-state index contributed by atoms with van der Waals surface area (Å²) in [5.74, 6) is 0.473. The van der Waals surface area contributed by atoms with E-state index in [4.69, 9.17) is 4.74 Å². The van der Waals surface area contributed by atoms with Gasteiger partial charge in [-0.2, -0.15) is 0 Å². The van der Waals surface area contributed by atoms with Crippen molar-refractivity contribution in [2.45, 2.75) is 19.4 Å². The number of thiazole rings is 1. The van der Waals surface area contributed by atoms with Gasteiger partial charge in [0.2, 0.25) is 5.91 Å². The quantitative estimate of drug-likeness (QED) is 0.707. The number of benzene rings is 1. The maximum Gasteiger partial charge on any atom is 0.257 e. The molecular formula is C20H18N4O3S. The van der Waals surface area contributed by atoms with E-state index >= 15 is 0 Å². The van der Waals surface area contributed by atoms with Gasteiger partial charge in [-0.15, -0.1) is 11.3 Å². The van der Waals surface area contributed by atoms with E-state index in [0.717, 1.165) is 29.0 Å². The lowest BCUT2D eigenvalue weighted by Crippen LogP contribution is -2.30. The van der Waals surface area contributed by atoms with E-state index in [1.54, 1.807) is 24.5 Å². The highest BCUT2D eigenvalue weighted by molar-refractivity contribution is 7.14. The summed E-state index contributed by atoms with van der Waals surface area (Å²) >= 11 is 1.36. The van der Waals surface area contributed by atoms with E-state index in [-0.39, 0.29) is 17.9 Å². The van der Waals surface area contributed by atoms with Gasteiger partial charge in [0.15, 0.2) is 5.13 Å². The predicted octanol–water partition coefficient (Wildman–Crippen LogP) is 3.42. The maximum absolute atomic E-state index is 12.3. The largest absolute Gasteiger partial charge is 0.493 e. The van der Waals surface area contributed by atoms with Crippen molar-refractivity contribution in [3.63, 3.8) is 0 Å². The number of ether oxygens (including phenoxy) is 1. The molecule has 7 nitrogen and oxygen atoms in total. The number of nitrogens with zero attached hydrogens (tertiary/aromatic N) is 2. The van der Waals surface area contributed by atoms with E-state index in [1.165, 1.54) is 18.3 Å². The molecule has 4 rings (SSSR count). The third-order valence-electron chi connectivity index (χ3n) is 4.39. The Kier molecular flexibility index (Phi) is 5.03. The Balaban J connectivity index is 1.55. The highest BCUT2D eigenvalue weighted by Gasteiger charge is 2.23. The van der Waals surface area contributed by atoms with Crippen LogP contribution in [0.15, 0.2) is 48.1 Å². The van der Waals surface area contributed by atoms with E-state index in [2.05, 4.69) is 20.6 Å². The molecule has 142 valence electrons. The van der Waals surface area contributed by atoms with Crippen LogP contribution in [0.4, 0.5) is 5.13 Å². The van der Waals surface area contributed by atoms with E-state index in [9.17, 15) is 9.59 Å². The van der Waals surface area contributed by atoms with Gasteiger partial charge in [0.1, 0.15) is 5.75 Å². The number of carbonyl (C=O) groups is 2. The van der Waals surface area contributed by atoms with Crippen molar-refractivity contribution in [1.82, 2.24) is 15.3 Å². The molecule has 0 saturated heterocycles. The summed E-state index contributed by atoms with van der Waals surface area (Å²) in [4.78, 5) is 32.2. The van der Waals surface area contributed by atoms with Crippen LogP contribution in [-0.4, -0.2) is 28.4 Å². The molecule has 2 N–H and O–H groups in total. The summed E-state index contributed by atoms with van der Waals surface area (Å²) in [5.41, 5.74) is 3.12. The molecule has 1 aromatic carbocycles. The van der Waals surface area contributed by atoms with Crippen LogP contribution < -0.4 is 15.4 Å². The topological polar surface area (TPSA) is 93.2 Å². The third kappa shape index (κ3) is 3.86. The van der Waals surface area contributed by atoms with Crippen LogP contribution in [0, 0.1) is 0 Å². The van der Waals surface area contributed by atoms with Crippen LogP contribution in [0.5, 0.6) is 5.75 Å². The van der Waals surface area contributed by atoms with Crippen molar-refractivity contribution < 1.29 is 14.3 Å². The Hall–Kier alpha value is -3.26. The smallest absolute Gasteiger partial charge is 0.257 e. The molecule has 3 heterocycles. The molecule has 0 fully saturated rings. The number of nitrogens with one attached hydrogen (secondary N) is 2. The average Bonchev–Trinajstić information content (AvgIpc) is 3.17. The van der Waals surface area contributed by atoms with Crippen LogP contribution in [0.1, 0.15) is 35.3 Å². The molecule has 0 bridgehead atoms. The summed E-state index contributed by atoms with van der Waals surface area (Å²) in [6, 6.07) is 9.03. The zero-order valence-electron chi connectivity index (χ0n) is 15.1. The molecule has 1 aliphatic heterocycles. The SMILES string of the molecule is CC(=O)NC1CCOc2ccc(-c3csc(NC(=O)c4ccncc4)n3)cc21. The predicted molar refractivity (Wildman–Crippen MR) is 106 cm³/mol. The average molecular weight is 394 g/mol. The molecule has 1 atom stereocenters. The number of anilines is 1. The minimum absolute atomic E-state index is 0.0713. The van der Waals surface area contributed by atoms with Gasteiger partial charge in [0.25, 0.3) is 5.91 Å². The monoisotopic (exact) mass is 394 g/mol.